The van der Waals surface area contributed by atoms with E-state index in [4.69, 9.17) is 4.74 Å². The van der Waals surface area contributed by atoms with E-state index < -0.39 is 0 Å². The third kappa shape index (κ3) is 3.82. The minimum Gasteiger partial charge on any atom is -0.496 e. The lowest BCUT2D eigenvalue weighted by Gasteiger charge is -2.38. The van der Waals surface area contributed by atoms with Crippen LogP contribution in [-0.4, -0.2) is 36.8 Å². The third-order valence-electron chi connectivity index (χ3n) is 6.33. The zero-order valence-electron chi connectivity index (χ0n) is 16.7. The van der Waals surface area contributed by atoms with E-state index in [0.717, 1.165) is 11.3 Å². The fraction of sp³-hybridized carbons (Fsp3) is 0.333. The maximum atomic E-state index is 13.0. The molecule has 1 saturated heterocycles. The van der Waals surface area contributed by atoms with Gasteiger partial charge in [0.05, 0.1) is 13.5 Å². The van der Waals surface area contributed by atoms with E-state index in [0.29, 0.717) is 13.1 Å². The van der Waals surface area contributed by atoms with E-state index in [1.807, 2.05) is 53.4 Å². The number of halogens is 1. The van der Waals surface area contributed by atoms with Crippen molar-refractivity contribution in [2.45, 2.75) is 18.8 Å². The van der Waals surface area contributed by atoms with Gasteiger partial charge in [0.1, 0.15) is 5.75 Å². The molecule has 0 bridgehead atoms. The highest BCUT2D eigenvalue weighted by Gasteiger charge is 2.50. The maximum absolute atomic E-state index is 13.0. The summed E-state index contributed by atoms with van der Waals surface area (Å²) in [4.78, 5) is 27.5. The van der Waals surface area contributed by atoms with Gasteiger partial charge in [0.25, 0.3) is 0 Å². The van der Waals surface area contributed by atoms with Crippen LogP contribution in [0.2, 0.25) is 0 Å². The van der Waals surface area contributed by atoms with Crippen LogP contribution in [0.5, 0.6) is 5.75 Å². The van der Waals surface area contributed by atoms with Gasteiger partial charge in [0, 0.05) is 35.9 Å². The van der Waals surface area contributed by atoms with Crippen molar-refractivity contribution in [3.8, 4) is 5.75 Å². The van der Waals surface area contributed by atoms with Crippen LogP contribution < -0.4 is 4.74 Å². The van der Waals surface area contributed by atoms with Crippen LogP contribution >= 0.6 is 12.4 Å². The summed E-state index contributed by atoms with van der Waals surface area (Å²) in [6.45, 7) is 3.27. The molecule has 2 aromatic carbocycles. The summed E-state index contributed by atoms with van der Waals surface area (Å²) in [6, 6.07) is 17.9. The number of fused-ring (bicyclic) bond motifs is 1. The normalized spacial score (nSPS) is 25.3. The molecular weight excluding hydrogens is 386 g/mol. The average molecular weight is 412 g/mol. The van der Waals surface area contributed by atoms with Crippen LogP contribution in [0.15, 0.2) is 66.7 Å². The summed E-state index contributed by atoms with van der Waals surface area (Å²) in [7, 11) is 1.61. The number of methoxy groups -OCH3 is 1. The standard InChI is InChI=1S/C24H25NO3.ClH/c1-24(18-9-4-3-5-10-18)13-12-21(26)19-15-25(16-20(19)24)23(27)14-17-8-6-7-11-22(17)28-2;/h3-13,19-20H,14-16H2,1-2H3;1H. The SMILES string of the molecule is COc1ccccc1CC(=O)N1CC2C(=O)C=CC(C)(c3ccccc3)C2C1.Cl. The predicted molar refractivity (Wildman–Crippen MR) is 115 cm³/mol. The zero-order chi connectivity index (χ0) is 19.7. The fourth-order valence-electron chi connectivity index (χ4n) is 4.64. The number of likely N-dealkylation sites (tertiary alicyclic amines) is 1. The summed E-state index contributed by atoms with van der Waals surface area (Å²) >= 11 is 0. The largest absolute Gasteiger partial charge is 0.496 e. The van der Waals surface area contributed by atoms with Crippen molar-refractivity contribution in [1.29, 1.82) is 0 Å². The number of carbonyl (C=O) groups excluding carboxylic acids is 2. The van der Waals surface area contributed by atoms with Gasteiger partial charge in [-0.25, -0.2) is 0 Å². The smallest absolute Gasteiger partial charge is 0.227 e. The molecule has 1 aliphatic carbocycles. The Labute approximate surface area is 178 Å². The lowest BCUT2D eigenvalue weighted by atomic mass is 9.64. The van der Waals surface area contributed by atoms with Crippen molar-refractivity contribution < 1.29 is 14.3 Å². The van der Waals surface area contributed by atoms with E-state index in [2.05, 4.69) is 19.1 Å². The summed E-state index contributed by atoms with van der Waals surface area (Å²) in [5, 5.41) is 0. The molecule has 152 valence electrons. The van der Waals surface area contributed by atoms with E-state index in [-0.39, 0.29) is 47.8 Å². The monoisotopic (exact) mass is 411 g/mol. The first-order valence-electron chi connectivity index (χ1n) is 9.71. The van der Waals surface area contributed by atoms with Gasteiger partial charge in [0.15, 0.2) is 5.78 Å². The van der Waals surface area contributed by atoms with Crippen LogP contribution in [0.3, 0.4) is 0 Å². The third-order valence-corrected chi connectivity index (χ3v) is 6.33. The second-order valence-corrected chi connectivity index (χ2v) is 7.88. The fourth-order valence-corrected chi connectivity index (χ4v) is 4.64. The van der Waals surface area contributed by atoms with Crippen LogP contribution in [0, 0.1) is 11.8 Å². The highest BCUT2D eigenvalue weighted by Crippen LogP contribution is 2.45. The molecule has 0 N–H and O–H groups in total. The van der Waals surface area contributed by atoms with Crippen molar-refractivity contribution in [3.05, 3.63) is 77.9 Å². The Morgan fingerprint density at radius 1 is 1.10 bits per heavy atom. The molecule has 0 spiro atoms. The Bertz CT molecular complexity index is 927. The summed E-state index contributed by atoms with van der Waals surface area (Å²) in [5.41, 5.74) is 1.81. The van der Waals surface area contributed by atoms with Crippen LogP contribution in [0.4, 0.5) is 0 Å². The van der Waals surface area contributed by atoms with Crippen molar-refractivity contribution in [1.82, 2.24) is 4.90 Å². The first-order chi connectivity index (χ1) is 13.5. The van der Waals surface area contributed by atoms with Gasteiger partial charge in [-0.2, -0.15) is 0 Å². The Morgan fingerprint density at radius 3 is 2.52 bits per heavy atom. The van der Waals surface area contributed by atoms with Gasteiger partial charge in [-0.3, -0.25) is 9.59 Å². The maximum Gasteiger partial charge on any atom is 0.227 e. The molecule has 1 amide bonds. The first kappa shape index (κ1) is 21.1. The topological polar surface area (TPSA) is 46.6 Å². The van der Waals surface area contributed by atoms with Crippen molar-refractivity contribution in [2.75, 3.05) is 20.2 Å². The van der Waals surface area contributed by atoms with Crippen molar-refractivity contribution in [2.24, 2.45) is 11.8 Å². The molecule has 3 unspecified atom stereocenters. The van der Waals surface area contributed by atoms with E-state index in [1.54, 1.807) is 13.2 Å². The molecule has 0 radical (unpaired) electrons. The molecule has 0 aromatic heterocycles. The number of ether oxygens (including phenoxy) is 1. The molecule has 1 heterocycles. The Hall–Kier alpha value is -2.59. The lowest BCUT2D eigenvalue weighted by molar-refractivity contribution is -0.129. The summed E-state index contributed by atoms with van der Waals surface area (Å²) < 4.78 is 5.38. The van der Waals surface area contributed by atoms with Crippen LogP contribution in [0.1, 0.15) is 18.1 Å². The van der Waals surface area contributed by atoms with Gasteiger partial charge < -0.3 is 9.64 Å². The Kier molecular flexibility index (Phi) is 6.13. The molecule has 2 aromatic rings. The van der Waals surface area contributed by atoms with Gasteiger partial charge in [-0.1, -0.05) is 61.5 Å². The zero-order valence-corrected chi connectivity index (χ0v) is 17.5. The van der Waals surface area contributed by atoms with E-state index in [1.165, 1.54) is 5.56 Å². The molecule has 2 aliphatic rings. The molecule has 1 aliphatic heterocycles. The summed E-state index contributed by atoms with van der Waals surface area (Å²) in [5.74, 6) is 0.846. The molecule has 29 heavy (non-hydrogen) atoms. The van der Waals surface area contributed by atoms with Gasteiger partial charge >= 0.3 is 0 Å². The lowest BCUT2D eigenvalue weighted by Crippen LogP contribution is -2.41. The minimum absolute atomic E-state index is 0. The van der Waals surface area contributed by atoms with E-state index >= 15 is 0 Å². The first-order valence-corrected chi connectivity index (χ1v) is 9.71. The second-order valence-electron chi connectivity index (χ2n) is 7.88. The second kappa shape index (κ2) is 8.42. The number of rotatable bonds is 4. The number of para-hydroxylation sites is 1. The van der Waals surface area contributed by atoms with Gasteiger partial charge in [-0.05, 0) is 17.7 Å². The predicted octanol–water partition coefficient (Wildman–Crippen LogP) is 3.83. The Morgan fingerprint density at radius 2 is 1.79 bits per heavy atom. The number of allylic oxidation sites excluding steroid dienone is 2. The van der Waals surface area contributed by atoms with Gasteiger partial charge in [-0.15, -0.1) is 12.4 Å². The molecule has 1 fully saturated rings. The molecule has 4 nitrogen and oxygen atoms in total. The Balaban J connectivity index is 0.00000240. The number of ketones is 1. The number of benzene rings is 2. The van der Waals surface area contributed by atoms with Crippen molar-refractivity contribution in [3.63, 3.8) is 0 Å². The quantitative estimate of drug-likeness (QED) is 0.768. The van der Waals surface area contributed by atoms with Crippen LogP contribution in [0.25, 0.3) is 0 Å². The molecule has 3 atom stereocenters. The van der Waals surface area contributed by atoms with Crippen LogP contribution in [-0.2, 0) is 21.4 Å². The molecular formula is C24H26ClNO3. The van der Waals surface area contributed by atoms with E-state index in [9.17, 15) is 9.59 Å². The highest BCUT2D eigenvalue weighted by atomic mass is 35.5. The molecule has 4 rings (SSSR count). The molecule has 0 saturated carbocycles. The number of hydrogen-bond acceptors (Lipinski definition) is 3. The van der Waals surface area contributed by atoms with Crippen molar-refractivity contribution >= 4 is 24.1 Å². The summed E-state index contributed by atoms with van der Waals surface area (Å²) in [6.07, 6.45) is 4.02. The number of nitrogens with zero attached hydrogens (tertiary/aromatic N) is 1. The van der Waals surface area contributed by atoms with Gasteiger partial charge in [0.2, 0.25) is 5.91 Å². The highest BCUT2D eigenvalue weighted by molar-refractivity contribution is 5.95. The average Bonchev–Trinajstić information content (AvgIpc) is 3.19. The number of carbonyl (C=O) groups is 2. The minimum atomic E-state index is -0.251. The number of amides is 1. The molecule has 5 heteroatoms. The number of hydrogen-bond donors (Lipinski definition) is 0.